The Kier molecular flexibility index (Phi) is 2.23. The van der Waals surface area contributed by atoms with E-state index < -0.39 is 0 Å². The first-order chi connectivity index (χ1) is 6.81. The molecule has 1 heterocycles. The van der Waals surface area contributed by atoms with Gasteiger partial charge in [-0.15, -0.1) is 0 Å². The van der Waals surface area contributed by atoms with E-state index in [1.807, 2.05) is 31.2 Å². The first-order valence-corrected chi connectivity index (χ1v) is 4.45. The molecule has 0 amide bonds. The zero-order chi connectivity index (χ0) is 9.97. The molecule has 0 aliphatic rings. The highest BCUT2D eigenvalue weighted by Crippen LogP contribution is 2.22. The Morgan fingerprint density at radius 3 is 2.43 bits per heavy atom. The molecule has 14 heavy (non-hydrogen) atoms. The van der Waals surface area contributed by atoms with E-state index in [2.05, 4.69) is 9.97 Å². The van der Waals surface area contributed by atoms with Gasteiger partial charge in [0.25, 0.3) is 0 Å². The van der Waals surface area contributed by atoms with Crippen LogP contribution in [0.1, 0.15) is 5.69 Å². The minimum Gasteiger partial charge on any atom is -0.497 e. The second-order valence-corrected chi connectivity index (χ2v) is 3.10. The van der Waals surface area contributed by atoms with E-state index in [0.29, 0.717) is 0 Å². The number of hydrogen-bond donors (Lipinski definition) is 1. The average Bonchev–Trinajstić information content (AvgIpc) is 2.65. The SMILES string of the molecule is COc1ccc(-c2nc[nH]c2C)cc1. The highest BCUT2D eigenvalue weighted by molar-refractivity contribution is 5.62. The fraction of sp³-hybridized carbons (Fsp3) is 0.182. The van der Waals surface area contributed by atoms with E-state index in [0.717, 1.165) is 22.7 Å². The Balaban J connectivity index is 2.39. The molecule has 72 valence electrons. The number of H-pyrrole nitrogens is 1. The second kappa shape index (κ2) is 3.54. The van der Waals surface area contributed by atoms with Crippen LogP contribution in [-0.2, 0) is 0 Å². The first-order valence-electron chi connectivity index (χ1n) is 4.45. The lowest BCUT2D eigenvalue weighted by Gasteiger charge is -2.01. The predicted molar refractivity (Wildman–Crippen MR) is 55.3 cm³/mol. The zero-order valence-corrected chi connectivity index (χ0v) is 8.24. The molecule has 2 aromatic rings. The van der Waals surface area contributed by atoms with Crippen molar-refractivity contribution >= 4 is 0 Å². The molecular formula is C11H12N2O. The van der Waals surface area contributed by atoms with E-state index in [4.69, 9.17) is 4.74 Å². The molecule has 2 rings (SSSR count). The molecule has 0 unspecified atom stereocenters. The number of aromatic amines is 1. The monoisotopic (exact) mass is 188 g/mol. The lowest BCUT2D eigenvalue weighted by Crippen LogP contribution is -1.84. The van der Waals surface area contributed by atoms with Gasteiger partial charge in [0, 0.05) is 11.3 Å². The third-order valence-electron chi connectivity index (χ3n) is 2.19. The van der Waals surface area contributed by atoms with E-state index in [-0.39, 0.29) is 0 Å². The van der Waals surface area contributed by atoms with Crippen LogP contribution in [0.15, 0.2) is 30.6 Å². The number of nitrogens with zero attached hydrogens (tertiary/aromatic N) is 1. The summed E-state index contributed by atoms with van der Waals surface area (Å²) in [5.41, 5.74) is 3.17. The van der Waals surface area contributed by atoms with Gasteiger partial charge in [-0.3, -0.25) is 0 Å². The fourth-order valence-corrected chi connectivity index (χ4v) is 1.40. The largest absolute Gasteiger partial charge is 0.497 e. The number of benzene rings is 1. The Hall–Kier alpha value is -1.77. The topological polar surface area (TPSA) is 37.9 Å². The summed E-state index contributed by atoms with van der Waals surface area (Å²) in [5.74, 6) is 0.863. The Bertz CT molecular complexity index is 417. The van der Waals surface area contributed by atoms with Crippen LogP contribution >= 0.6 is 0 Å². The van der Waals surface area contributed by atoms with Crippen LogP contribution in [0.5, 0.6) is 5.75 Å². The Morgan fingerprint density at radius 2 is 1.93 bits per heavy atom. The number of aromatic nitrogens is 2. The summed E-state index contributed by atoms with van der Waals surface area (Å²) in [6.45, 7) is 2.01. The van der Waals surface area contributed by atoms with Gasteiger partial charge in [0.1, 0.15) is 5.75 Å². The number of ether oxygens (including phenoxy) is 1. The van der Waals surface area contributed by atoms with Gasteiger partial charge in [-0.05, 0) is 31.2 Å². The fourth-order valence-electron chi connectivity index (χ4n) is 1.40. The Morgan fingerprint density at radius 1 is 1.21 bits per heavy atom. The Labute approximate surface area is 82.8 Å². The molecule has 3 nitrogen and oxygen atoms in total. The van der Waals surface area contributed by atoms with Crippen molar-refractivity contribution in [3.05, 3.63) is 36.3 Å². The van der Waals surface area contributed by atoms with Crippen molar-refractivity contribution in [2.75, 3.05) is 7.11 Å². The standard InChI is InChI=1S/C11H12N2O/c1-8-11(13-7-12-8)9-3-5-10(14-2)6-4-9/h3-7H,1-2H3,(H,12,13). The number of methoxy groups -OCH3 is 1. The summed E-state index contributed by atoms with van der Waals surface area (Å²) >= 11 is 0. The average molecular weight is 188 g/mol. The third-order valence-corrected chi connectivity index (χ3v) is 2.19. The number of hydrogen-bond acceptors (Lipinski definition) is 2. The molecule has 0 aliphatic heterocycles. The summed E-state index contributed by atoms with van der Waals surface area (Å²) < 4.78 is 5.09. The summed E-state index contributed by atoms with van der Waals surface area (Å²) in [7, 11) is 1.66. The van der Waals surface area contributed by atoms with Crippen LogP contribution in [0.3, 0.4) is 0 Å². The predicted octanol–water partition coefficient (Wildman–Crippen LogP) is 2.39. The summed E-state index contributed by atoms with van der Waals surface area (Å²) in [4.78, 5) is 7.30. The van der Waals surface area contributed by atoms with Crippen molar-refractivity contribution < 1.29 is 4.74 Å². The molecule has 1 aromatic heterocycles. The highest BCUT2D eigenvalue weighted by Gasteiger charge is 2.03. The lowest BCUT2D eigenvalue weighted by atomic mass is 10.1. The summed E-state index contributed by atoms with van der Waals surface area (Å²) in [6, 6.07) is 7.87. The summed E-state index contributed by atoms with van der Waals surface area (Å²) in [6.07, 6.45) is 1.70. The molecule has 0 fully saturated rings. The molecule has 1 aromatic carbocycles. The van der Waals surface area contributed by atoms with Crippen LogP contribution in [0.4, 0.5) is 0 Å². The first kappa shape index (κ1) is 8.81. The minimum absolute atomic E-state index is 0.863. The van der Waals surface area contributed by atoms with Gasteiger partial charge in [-0.1, -0.05) is 0 Å². The van der Waals surface area contributed by atoms with Crippen molar-refractivity contribution in [2.45, 2.75) is 6.92 Å². The van der Waals surface area contributed by atoms with E-state index in [1.54, 1.807) is 13.4 Å². The molecule has 0 aliphatic carbocycles. The quantitative estimate of drug-likeness (QED) is 0.785. The van der Waals surface area contributed by atoms with E-state index in [1.165, 1.54) is 0 Å². The molecule has 1 N–H and O–H groups in total. The van der Waals surface area contributed by atoms with Gasteiger partial charge in [0.05, 0.1) is 19.1 Å². The van der Waals surface area contributed by atoms with Gasteiger partial charge in [0.2, 0.25) is 0 Å². The molecule has 0 bridgehead atoms. The number of nitrogens with one attached hydrogen (secondary N) is 1. The van der Waals surface area contributed by atoms with Crippen molar-refractivity contribution in [1.29, 1.82) is 0 Å². The summed E-state index contributed by atoms with van der Waals surface area (Å²) in [5, 5.41) is 0. The second-order valence-electron chi connectivity index (χ2n) is 3.10. The molecular weight excluding hydrogens is 176 g/mol. The van der Waals surface area contributed by atoms with Crippen molar-refractivity contribution in [3.8, 4) is 17.0 Å². The van der Waals surface area contributed by atoms with Gasteiger partial charge < -0.3 is 9.72 Å². The van der Waals surface area contributed by atoms with Crippen LogP contribution < -0.4 is 4.74 Å². The van der Waals surface area contributed by atoms with E-state index in [9.17, 15) is 0 Å². The maximum atomic E-state index is 5.09. The molecule has 0 atom stereocenters. The van der Waals surface area contributed by atoms with E-state index >= 15 is 0 Å². The van der Waals surface area contributed by atoms with Crippen LogP contribution in [0.25, 0.3) is 11.3 Å². The molecule has 3 heteroatoms. The minimum atomic E-state index is 0.863. The third kappa shape index (κ3) is 1.48. The number of aryl methyl sites for hydroxylation is 1. The van der Waals surface area contributed by atoms with Gasteiger partial charge >= 0.3 is 0 Å². The molecule has 0 saturated carbocycles. The maximum Gasteiger partial charge on any atom is 0.118 e. The molecule has 0 radical (unpaired) electrons. The molecule has 0 spiro atoms. The van der Waals surface area contributed by atoms with Crippen LogP contribution in [0, 0.1) is 6.92 Å². The highest BCUT2D eigenvalue weighted by atomic mass is 16.5. The van der Waals surface area contributed by atoms with Gasteiger partial charge in [0.15, 0.2) is 0 Å². The van der Waals surface area contributed by atoms with Crippen LogP contribution in [-0.4, -0.2) is 17.1 Å². The molecule has 0 saturated heterocycles. The smallest absolute Gasteiger partial charge is 0.118 e. The van der Waals surface area contributed by atoms with Crippen molar-refractivity contribution in [3.63, 3.8) is 0 Å². The van der Waals surface area contributed by atoms with Gasteiger partial charge in [-0.2, -0.15) is 0 Å². The normalized spacial score (nSPS) is 10.1. The maximum absolute atomic E-state index is 5.09. The zero-order valence-electron chi connectivity index (χ0n) is 8.24. The lowest BCUT2D eigenvalue weighted by molar-refractivity contribution is 0.415. The van der Waals surface area contributed by atoms with Crippen LogP contribution in [0.2, 0.25) is 0 Å². The van der Waals surface area contributed by atoms with Gasteiger partial charge in [-0.25, -0.2) is 4.98 Å². The number of rotatable bonds is 2. The number of imidazole rings is 1. The van der Waals surface area contributed by atoms with Crippen molar-refractivity contribution in [2.24, 2.45) is 0 Å². The van der Waals surface area contributed by atoms with Crippen molar-refractivity contribution in [1.82, 2.24) is 9.97 Å².